The van der Waals surface area contributed by atoms with Crippen LogP contribution in [0.2, 0.25) is 0 Å². The Balaban J connectivity index is 2.19. The Morgan fingerprint density at radius 1 is 1.38 bits per heavy atom. The third kappa shape index (κ3) is 4.03. The molecule has 0 spiro atoms. The van der Waals surface area contributed by atoms with E-state index in [2.05, 4.69) is 0 Å². The van der Waals surface area contributed by atoms with Crippen LogP contribution in [0.25, 0.3) is 0 Å². The van der Waals surface area contributed by atoms with Gasteiger partial charge in [-0.25, -0.2) is 8.42 Å². The highest BCUT2D eigenvalue weighted by atomic mass is 32.2. The smallest absolute Gasteiger partial charge is 0.218 e. The van der Waals surface area contributed by atoms with E-state index in [1.165, 1.54) is 0 Å². The normalized spacial score (nSPS) is 24.1. The number of hydrogen-bond acceptors (Lipinski definition) is 4. The summed E-state index contributed by atoms with van der Waals surface area (Å²) < 4.78 is 32.6. The molecule has 1 aromatic rings. The molecule has 2 atom stereocenters. The summed E-state index contributed by atoms with van der Waals surface area (Å²) in [5.74, 6) is 0.0179. The Kier molecular flexibility index (Phi) is 5.37. The minimum atomic E-state index is -3.34. The molecule has 1 aliphatic rings. The van der Waals surface area contributed by atoms with E-state index in [0.29, 0.717) is 19.7 Å². The highest BCUT2D eigenvalue weighted by molar-refractivity contribution is 7.88. The third-order valence-electron chi connectivity index (χ3n) is 3.82. The van der Waals surface area contributed by atoms with Crippen LogP contribution in [-0.2, 0) is 27.1 Å². The topological polar surface area (TPSA) is 72.6 Å². The maximum Gasteiger partial charge on any atom is 0.218 e. The second kappa shape index (κ2) is 6.87. The van der Waals surface area contributed by atoms with Crippen molar-refractivity contribution in [2.75, 3.05) is 13.2 Å². The molecule has 5 nitrogen and oxygen atoms in total. The molecule has 0 saturated carbocycles. The second-order valence-corrected chi connectivity index (χ2v) is 7.48. The highest BCUT2D eigenvalue weighted by Gasteiger charge is 2.34. The van der Waals surface area contributed by atoms with Gasteiger partial charge in [0.05, 0.1) is 18.5 Å². The predicted octanol–water partition coefficient (Wildman–Crippen LogP) is 1.47. The van der Waals surface area contributed by atoms with Crippen molar-refractivity contribution in [2.24, 2.45) is 5.73 Å². The van der Waals surface area contributed by atoms with Crippen LogP contribution in [0.5, 0.6) is 0 Å². The summed E-state index contributed by atoms with van der Waals surface area (Å²) in [6.45, 7) is 5.21. The van der Waals surface area contributed by atoms with Crippen LogP contribution < -0.4 is 5.73 Å². The van der Waals surface area contributed by atoms with Crippen LogP contribution in [0.1, 0.15) is 31.4 Å². The first-order chi connectivity index (χ1) is 9.96. The number of nitrogens with two attached hydrogens (primary N) is 1. The number of nitrogens with zero attached hydrogens (tertiary/aromatic N) is 1. The Bertz CT molecular complexity index is 574. The van der Waals surface area contributed by atoms with E-state index in [0.717, 1.165) is 17.5 Å². The molecule has 0 aromatic heterocycles. The first-order valence-corrected chi connectivity index (χ1v) is 8.96. The van der Waals surface area contributed by atoms with E-state index in [4.69, 9.17) is 10.5 Å². The molecule has 0 amide bonds. The number of ether oxygens (including phenoxy) is 1. The van der Waals surface area contributed by atoms with Gasteiger partial charge in [0.1, 0.15) is 0 Å². The summed E-state index contributed by atoms with van der Waals surface area (Å²) in [6.07, 6.45) is 0.701. The summed E-state index contributed by atoms with van der Waals surface area (Å²) >= 11 is 0. The zero-order valence-electron chi connectivity index (χ0n) is 12.7. The van der Waals surface area contributed by atoms with Gasteiger partial charge in [0.2, 0.25) is 10.0 Å². The molecule has 0 radical (unpaired) electrons. The maximum atomic E-state index is 12.7. The molecule has 2 N–H and O–H groups in total. The molecule has 1 aromatic carbocycles. The zero-order chi connectivity index (χ0) is 15.5. The SMILES string of the molecule is CCC1COC(C)CN1S(=O)(=O)Cc1cccc(CN)c1. The van der Waals surface area contributed by atoms with Crippen LogP contribution in [0.4, 0.5) is 0 Å². The fourth-order valence-corrected chi connectivity index (χ4v) is 4.48. The van der Waals surface area contributed by atoms with Crippen LogP contribution >= 0.6 is 0 Å². The van der Waals surface area contributed by atoms with Crippen molar-refractivity contribution in [1.82, 2.24) is 4.31 Å². The zero-order valence-corrected chi connectivity index (χ0v) is 13.5. The van der Waals surface area contributed by atoms with Gasteiger partial charge in [-0.2, -0.15) is 4.31 Å². The Hall–Kier alpha value is -0.950. The third-order valence-corrected chi connectivity index (χ3v) is 5.68. The first kappa shape index (κ1) is 16.4. The van der Waals surface area contributed by atoms with Gasteiger partial charge in [0.15, 0.2) is 0 Å². The van der Waals surface area contributed by atoms with Crippen LogP contribution in [-0.4, -0.2) is 38.0 Å². The van der Waals surface area contributed by atoms with E-state index >= 15 is 0 Å². The number of benzene rings is 1. The monoisotopic (exact) mass is 312 g/mol. The number of morpholine rings is 1. The van der Waals surface area contributed by atoms with E-state index in [1.54, 1.807) is 4.31 Å². The van der Waals surface area contributed by atoms with E-state index in [1.807, 2.05) is 38.1 Å². The number of hydrogen-bond donors (Lipinski definition) is 1. The fourth-order valence-electron chi connectivity index (χ4n) is 2.62. The number of sulfonamides is 1. The molecule has 0 aliphatic carbocycles. The lowest BCUT2D eigenvalue weighted by Gasteiger charge is -2.37. The summed E-state index contributed by atoms with van der Waals surface area (Å²) in [7, 11) is -3.34. The molecule has 1 aliphatic heterocycles. The molecular weight excluding hydrogens is 288 g/mol. The minimum Gasteiger partial charge on any atom is -0.375 e. The van der Waals surface area contributed by atoms with Crippen molar-refractivity contribution >= 4 is 10.0 Å². The van der Waals surface area contributed by atoms with Crippen molar-refractivity contribution in [3.8, 4) is 0 Å². The molecule has 2 rings (SSSR count). The van der Waals surface area contributed by atoms with Crippen molar-refractivity contribution in [3.63, 3.8) is 0 Å². The standard InChI is InChI=1S/C15H24N2O3S/c1-3-15-10-20-12(2)9-17(15)21(18,19)11-14-6-4-5-13(7-14)8-16/h4-7,12,15H,3,8-11,16H2,1-2H3. The summed E-state index contributed by atoms with van der Waals surface area (Å²) in [5, 5.41) is 0. The van der Waals surface area contributed by atoms with Crippen molar-refractivity contribution < 1.29 is 13.2 Å². The average Bonchev–Trinajstić information content (AvgIpc) is 2.47. The summed E-state index contributed by atoms with van der Waals surface area (Å²) in [4.78, 5) is 0. The molecule has 0 bridgehead atoms. The molecule has 1 fully saturated rings. The average molecular weight is 312 g/mol. The molecule has 1 saturated heterocycles. The molecule has 1 heterocycles. The lowest BCUT2D eigenvalue weighted by atomic mass is 10.1. The maximum absolute atomic E-state index is 12.7. The van der Waals surface area contributed by atoms with Gasteiger partial charge < -0.3 is 10.5 Å². The van der Waals surface area contributed by atoms with Crippen molar-refractivity contribution in [3.05, 3.63) is 35.4 Å². The second-order valence-electron chi connectivity index (χ2n) is 5.56. The predicted molar refractivity (Wildman–Crippen MR) is 83.2 cm³/mol. The quantitative estimate of drug-likeness (QED) is 0.894. The first-order valence-electron chi connectivity index (χ1n) is 7.35. The van der Waals surface area contributed by atoms with Crippen molar-refractivity contribution in [2.45, 2.75) is 44.7 Å². The number of rotatable bonds is 5. The van der Waals surface area contributed by atoms with Gasteiger partial charge in [0.25, 0.3) is 0 Å². The van der Waals surface area contributed by atoms with Gasteiger partial charge in [-0.3, -0.25) is 0 Å². The minimum absolute atomic E-state index is 0.0179. The molecule has 118 valence electrons. The van der Waals surface area contributed by atoms with Crippen molar-refractivity contribution in [1.29, 1.82) is 0 Å². The van der Waals surface area contributed by atoms with Gasteiger partial charge in [-0.15, -0.1) is 0 Å². The molecule has 6 heteroatoms. The largest absolute Gasteiger partial charge is 0.375 e. The van der Waals surface area contributed by atoms with Crippen LogP contribution in [0.15, 0.2) is 24.3 Å². The Labute approximate surface area is 127 Å². The highest BCUT2D eigenvalue weighted by Crippen LogP contribution is 2.21. The summed E-state index contributed by atoms with van der Waals surface area (Å²) in [5.41, 5.74) is 7.34. The van der Waals surface area contributed by atoms with E-state index in [9.17, 15) is 8.42 Å². The van der Waals surface area contributed by atoms with E-state index in [-0.39, 0.29) is 17.9 Å². The fraction of sp³-hybridized carbons (Fsp3) is 0.600. The molecular formula is C15H24N2O3S. The van der Waals surface area contributed by atoms with Gasteiger partial charge >= 0.3 is 0 Å². The van der Waals surface area contributed by atoms with Gasteiger partial charge in [0, 0.05) is 19.1 Å². The Morgan fingerprint density at radius 3 is 2.76 bits per heavy atom. The van der Waals surface area contributed by atoms with Gasteiger partial charge in [-0.1, -0.05) is 31.2 Å². The van der Waals surface area contributed by atoms with Crippen LogP contribution in [0.3, 0.4) is 0 Å². The Morgan fingerprint density at radius 2 is 2.10 bits per heavy atom. The lowest BCUT2D eigenvalue weighted by Crippen LogP contribution is -2.51. The molecule has 2 unspecified atom stereocenters. The van der Waals surface area contributed by atoms with Crippen LogP contribution in [0, 0.1) is 0 Å². The van der Waals surface area contributed by atoms with Gasteiger partial charge in [-0.05, 0) is 24.5 Å². The lowest BCUT2D eigenvalue weighted by molar-refractivity contribution is -0.0231. The summed E-state index contributed by atoms with van der Waals surface area (Å²) in [6, 6.07) is 7.39. The molecule has 21 heavy (non-hydrogen) atoms. The van der Waals surface area contributed by atoms with E-state index < -0.39 is 10.0 Å².